The Balaban J connectivity index is 1.61. The zero-order valence-electron chi connectivity index (χ0n) is 14.1. The van der Waals surface area contributed by atoms with Crippen LogP contribution in [0.4, 0.5) is 0 Å². The quantitative estimate of drug-likeness (QED) is 0.857. The summed E-state index contributed by atoms with van der Waals surface area (Å²) in [5.74, 6) is 0. The molecule has 4 nitrogen and oxygen atoms in total. The van der Waals surface area contributed by atoms with Gasteiger partial charge in [-0.2, -0.15) is 0 Å². The lowest BCUT2D eigenvalue weighted by atomic mass is 9.54. The van der Waals surface area contributed by atoms with Gasteiger partial charge in [0.15, 0.2) is 0 Å². The predicted octanol–water partition coefficient (Wildman–Crippen LogP) is 1.69. The van der Waals surface area contributed by atoms with Crippen LogP contribution in [0.3, 0.4) is 0 Å². The Kier molecular flexibility index (Phi) is 4.34. The third-order valence-electron chi connectivity index (χ3n) is 6.40. The van der Waals surface area contributed by atoms with Crippen LogP contribution in [-0.2, 0) is 4.74 Å². The fourth-order valence-corrected chi connectivity index (χ4v) is 4.60. The fourth-order valence-electron chi connectivity index (χ4n) is 4.60. The Morgan fingerprint density at radius 2 is 1.95 bits per heavy atom. The van der Waals surface area contributed by atoms with Crippen LogP contribution in [0, 0.1) is 5.41 Å². The van der Waals surface area contributed by atoms with Crippen LogP contribution in [0.1, 0.15) is 46.5 Å². The molecule has 1 saturated carbocycles. The average molecular weight is 295 g/mol. The van der Waals surface area contributed by atoms with Gasteiger partial charge in [-0.15, -0.1) is 0 Å². The van der Waals surface area contributed by atoms with Crippen molar-refractivity contribution < 1.29 is 4.74 Å². The molecule has 122 valence electrons. The largest absolute Gasteiger partial charge is 0.378 e. The molecule has 1 aliphatic carbocycles. The first kappa shape index (κ1) is 15.7. The fraction of sp³-hybridized carbons (Fsp3) is 1.00. The predicted molar refractivity (Wildman–Crippen MR) is 86.4 cm³/mol. The van der Waals surface area contributed by atoms with Crippen LogP contribution in [0.15, 0.2) is 0 Å². The summed E-state index contributed by atoms with van der Waals surface area (Å²) >= 11 is 0. The first-order valence-electron chi connectivity index (χ1n) is 8.83. The van der Waals surface area contributed by atoms with Gasteiger partial charge in [0.25, 0.3) is 0 Å². The molecule has 3 rings (SSSR count). The molecule has 3 unspecified atom stereocenters. The molecule has 0 bridgehead atoms. The van der Waals surface area contributed by atoms with E-state index in [0.29, 0.717) is 6.10 Å². The molecule has 0 spiro atoms. The Labute approximate surface area is 130 Å². The van der Waals surface area contributed by atoms with Crippen molar-refractivity contribution in [3.63, 3.8) is 0 Å². The van der Waals surface area contributed by atoms with Crippen LogP contribution in [0.25, 0.3) is 0 Å². The van der Waals surface area contributed by atoms with E-state index in [-0.39, 0.29) is 11.0 Å². The molecule has 2 saturated heterocycles. The van der Waals surface area contributed by atoms with Gasteiger partial charge in [0.1, 0.15) is 0 Å². The molecule has 0 radical (unpaired) electrons. The van der Waals surface area contributed by atoms with Crippen LogP contribution in [0.5, 0.6) is 0 Å². The van der Waals surface area contributed by atoms with Crippen molar-refractivity contribution in [2.24, 2.45) is 11.1 Å². The number of nitrogens with zero attached hydrogens (tertiary/aromatic N) is 2. The summed E-state index contributed by atoms with van der Waals surface area (Å²) in [5.41, 5.74) is 6.79. The zero-order chi connectivity index (χ0) is 15.1. The number of rotatable bonds is 4. The van der Waals surface area contributed by atoms with E-state index in [4.69, 9.17) is 10.5 Å². The third-order valence-corrected chi connectivity index (χ3v) is 6.40. The zero-order valence-corrected chi connectivity index (χ0v) is 14.1. The normalized spacial score (nSPS) is 40.6. The van der Waals surface area contributed by atoms with E-state index in [1.807, 2.05) is 0 Å². The molecule has 3 aliphatic rings. The monoisotopic (exact) mass is 295 g/mol. The number of ether oxygens (including phenoxy) is 1. The second-order valence-corrected chi connectivity index (χ2v) is 7.95. The summed E-state index contributed by atoms with van der Waals surface area (Å²) in [6.45, 7) is 13.5. The van der Waals surface area contributed by atoms with E-state index >= 15 is 0 Å². The first-order chi connectivity index (χ1) is 9.96. The number of fused-ring (bicyclic) bond motifs is 1. The van der Waals surface area contributed by atoms with Crippen molar-refractivity contribution in [2.75, 3.05) is 39.3 Å². The molecule has 3 fully saturated rings. The van der Waals surface area contributed by atoms with E-state index in [1.165, 1.54) is 45.4 Å². The van der Waals surface area contributed by atoms with Crippen molar-refractivity contribution in [3.8, 4) is 0 Å². The maximum Gasteiger partial charge on any atom is 0.0662 e. The summed E-state index contributed by atoms with van der Waals surface area (Å²) in [6, 6.07) is 0.780. The molecule has 4 heteroatoms. The maximum absolute atomic E-state index is 6.79. The van der Waals surface area contributed by atoms with E-state index in [9.17, 15) is 0 Å². The van der Waals surface area contributed by atoms with Crippen molar-refractivity contribution in [1.29, 1.82) is 0 Å². The SMILES string of the molecule is CCOC1CC(N)(CN2CCCN3CCCC3C2)C1(C)C. The molecule has 2 heterocycles. The van der Waals surface area contributed by atoms with Crippen LogP contribution in [0.2, 0.25) is 0 Å². The van der Waals surface area contributed by atoms with Gasteiger partial charge in [-0.05, 0) is 52.2 Å². The van der Waals surface area contributed by atoms with E-state index < -0.39 is 0 Å². The molecular weight excluding hydrogens is 262 g/mol. The highest BCUT2D eigenvalue weighted by Gasteiger charge is 2.58. The first-order valence-corrected chi connectivity index (χ1v) is 8.83. The summed E-state index contributed by atoms with van der Waals surface area (Å²) in [6.07, 6.45) is 5.39. The second kappa shape index (κ2) is 5.80. The smallest absolute Gasteiger partial charge is 0.0662 e. The summed E-state index contributed by atoms with van der Waals surface area (Å²) in [5, 5.41) is 0. The van der Waals surface area contributed by atoms with Gasteiger partial charge in [0.2, 0.25) is 0 Å². The van der Waals surface area contributed by atoms with Crippen LogP contribution >= 0.6 is 0 Å². The molecule has 0 amide bonds. The lowest BCUT2D eigenvalue weighted by Crippen LogP contribution is -2.73. The topological polar surface area (TPSA) is 41.7 Å². The Bertz CT molecular complexity index is 373. The minimum Gasteiger partial charge on any atom is -0.378 e. The van der Waals surface area contributed by atoms with Gasteiger partial charge < -0.3 is 10.5 Å². The Morgan fingerprint density at radius 1 is 1.19 bits per heavy atom. The summed E-state index contributed by atoms with van der Waals surface area (Å²) in [4.78, 5) is 5.33. The number of nitrogens with two attached hydrogens (primary N) is 1. The third kappa shape index (κ3) is 2.76. The van der Waals surface area contributed by atoms with E-state index in [1.54, 1.807) is 0 Å². The number of hydrogen-bond donors (Lipinski definition) is 1. The Hall–Kier alpha value is -0.160. The second-order valence-electron chi connectivity index (χ2n) is 7.95. The highest BCUT2D eigenvalue weighted by molar-refractivity contribution is 5.15. The summed E-state index contributed by atoms with van der Waals surface area (Å²) in [7, 11) is 0. The van der Waals surface area contributed by atoms with Crippen molar-refractivity contribution in [2.45, 2.75) is 64.1 Å². The van der Waals surface area contributed by atoms with Gasteiger partial charge in [0, 0.05) is 36.7 Å². The van der Waals surface area contributed by atoms with Gasteiger partial charge in [-0.25, -0.2) is 0 Å². The molecule has 0 aromatic carbocycles. The average Bonchev–Trinajstić information content (AvgIpc) is 2.77. The van der Waals surface area contributed by atoms with E-state index in [2.05, 4.69) is 30.6 Å². The van der Waals surface area contributed by atoms with Crippen molar-refractivity contribution >= 4 is 0 Å². The molecule has 0 aromatic rings. The minimum absolute atomic E-state index is 0.0827. The van der Waals surface area contributed by atoms with Gasteiger partial charge in [-0.1, -0.05) is 13.8 Å². The molecule has 2 N–H and O–H groups in total. The molecule has 3 atom stereocenters. The van der Waals surface area contributed by atoms with Gasteiger partial charge >= 0.3 is 0 Å². The number of hydrogen-bond acceptors (Lipinski definition) is 4. The van der Waals surface area contributed by atoms with Gasteiger partial charge in [0.05, 0.1) is 6.10 Å². The maximum atomic E-state index is 6.79. The Morgan fingerprint density at radius 3 is 2.67 bits per heavy atom. The molecular formula is C17H33N3O. The standard InChI is InChI=1S/C17H33N3O/c1-4-21-15-11-17(18,16(15,2)3)13-19-8-6-10-20-9-5-7-14(20)12-19/h14-15H,4-13,18H2,1-3H3. The molecule has 2 aliphatic heterocycles. The minimum atomic E-state index is -0.0827. The van der Waals surface area contributed by atoms with Crippen LogP contribution < -0.4 is 5.73 Å². The highest BCUT2D eigenvalue weighted by Crippen LogP contribution is 2.50. The van der Waals surface area contributed by atoms with E-state index in [0.717, 1.165) is 25.6 Å². The molecule has 21 heavy (non-hydrogen) atoms. The highest BCUT2D eigenvalue weighted by atomic mass is 16.5. The van der Waals surface area contributed by atoms with Crippen molar-refractivity contribution in [3.05, 3.63) is 0 Å². The summed E-state index contributed by atoms with van der Waals surface area (Å²) < 4.78 is 5.86. The van der Waals surface area contributed by atoms with Crippen LogP contribution in [-0.4, -0.2) is 66.8 Å². The van der Waals surface area contributed by atoms with Crippen molar-refractivity contribution in [1.82, 2.24) is 9.80 Å². The molecule has 0 aromatic heterocycles. The lowest BCUT2D eigenvalue weighted by Gasteiger charge is -2.60. The lowest BCUT2D eigenvalue weighted by molar-refractivity contribution is -0.156. The van der Waals surface area contributed by atoms with Gasteiger partial charge in [-0.3, -0.25) is 9.80 Å².